The summed E-state index contributed by atoms with van der Waals surface area (Å²) in [5.41, 5.74) is 1.47. The molecule has 2 rings (SSSR count). The fourth-order valence-corrected chi connectivity index (χ4v) is 4.23. The van der Waals surface area contributed by atoms with Gasteiger partial charge in [-0.2, -0.15) is 0 Å². The summed E-state index contributed by atoms with van der Waals surface area (Å²) in [5.74, 6) is -2.92. The SMILES string of the molecule is CCOC(=O)[C@H](C(C)C)N(C)C(=O)C1=C(C)NC(C)=C(C(=O)OC)[C@H]1c1cccc([N+](=O)[O-])c1. The van der Waals surface area contributed by atoms with Crippen LogP contribution in [-0.2, 0) is 23.9 Å². The lowest BCUT2D eigenvalue weighted by molar-refractivity contribution is -0.384. The Morgan fingerprint density at radius 3 is 2.32 bits per heavy atom. The van der Waals surface area contributed by atoms with Crippen LogP contribution < -0.4 is 5.32 Å². The van der Waals surface area contributed by atoms with Crippen LogP contribution in [0.2, 0.25) is 0 Å². The number of benzene rings is 1. The molecule has 1 aliphatic rings. The second-order valence-electron chi connectivity index (χ2n) is 8.34. The van der Waals surface area contributed by atoms with Crippen molar-refractivity contribution in [3.05, 3.63) is 62.5 Å². The van der Waals surface area contributed by atoms with Crippen molar-refractivity contribution < 1.29 is 28.8 Å². The van der Waals surface area contributed by atoms with E-state index in [1.807, 2.05) is 0 Å². The lowest BCUT2D eigenvalue weighted by Crippen LogP contribution is -2.48. The summed E-state index contributed by atoms with van der Waals surface area (Å²) in [6.45, 7) is 8.79. The molecule has 0 saturated heterocycles. The van der Waals surface area contributed by atoms with Gasteiger partial charge in [-0.25, -0.2) is 9.59 Å². The van der Waals surface area contributed by atoms with E-state index in [1.165, 1.54) is 37.3 Å². The summed E-state index contributed by atoms with van der Waals surface area (Å²) < 4.78 is 10.2. The molecule has 0 aromatic heterocycles. The molecule has 0 radical (unpaired) electrons. The standard InChI is InChI=1S/C24H31N3O7/c1-8-34-24(30)21(13(2)3)26(6)22(28)18-14(4)25-15(5)19(23(29)33-7)20(18)16-10-9-11-17(12-16)27(31)32/h9-13,20-21,25H,8H2,1-7H3/t20-,21-/m0/s1. The number of amides is 1. The predicted molar refractivity (Wildman–Crippen MR) is 124 cm³/mol. The summed E-state index contributed by atoms with van der Waals surface area (Å²) in [6.07, 6.45) is 0. The molecule has 0 spiro atoms. The van der Waals surface area contributed by atoms with Gasteiger partial charge in [0, 0.05) is 36.1 Å². The highest BCUT2D eigenvalue weighted by Gasteiger charge is 2.41. The number of carbonyl (C=O) groups excluding carboxylic acids is 3. The van der Waals surface area contributed by atoms with Crippen molar-refractivity contribution in [3.63, 3.8) is 0 Å². The largest absolute Gasteiger partial charge is 0.466 e. The number of dihydropyridines is 1. The number of allylic oxidation sites excluding steroid dienone is 2. The first-order chi connectivity index (χ1) is 16.0. The summed E-state index contributed by atoms with van der Waals surface area (Å²) in [4.78, 5) is 51.4. The third-order valence-electron chi connectivity index (χ3n) is 5.71. The van der Waals surface area contributed by atoms with Crippen molar-refractivity contribution in [2.75, 3.05) is 20.8 Å². The second-order valence-corrected chi connectivity index (χ2v) is 8.34. The van der Waals surface area contributed by atoms with Crippen molar-refractivity contribution >= 4 is 23.5 Å². The fourth-order valence-electron chi connectivity index (χ4n) is 4.23. The number of hydrogen-bond donors (Lipinski definition) is 1. The number of nitrogens with one attached hydrogen (secondary N) is 1. The molecule has 0 bridgehead atoms. The number of non-ortho nitro benzene ring substituents is 1. The van der Waals surface area contributed by atoms with E-state index in [0.717, 1.165) is 0 Å². The number of nitro groups is 1. The molecule has 1 aromatic carbocycles. The van der Waals surface area contributed by atoms with E-state index < -0.39 is 34.7 Å². The fraction of sp³-hybridized carbons (Fsp3) is 0.458. The highest BCUT2D eigenvalue weighted by Crippen LogP contribution is 2.40. The van der Waals surface area contributed by atoms with E-state index in [9.17, 15) is 24.5 Å². The lowest BCUT2D eigenvalue weighted by Gasteiger charge is -2.35. The monoisotopic (exact) mass is 473 g/mol. The minimum Gasteiger partial charge on any atom is -0.466 e. The van der Waals surface area contributed by atoms with Crippen LogP contribution in [0.15, 0.2) is 46.8 Å². The van der Waals surface area contributed by atoms with Gasteiger partial charge in [0.25, 0.3) is 11.6 Å². The van der Waals surface area contributed by atoms with E-state index in [1.54, 1.807) is 40.7 Å². The molecule has 1 N–H and O–H groups in total. The smallest absolute Gasteiger partial charge is 0.336 e. The molecule has 10 heteroatoms. The van der Waals surface area contributed by atoms with Gasteiger partial charge in [-0.05, 0) is 32.3 Å². The molecule has 1 heterocycles. The van der Waals surface area contributed by atoms with Crippen LogP contribution in [0.5, 0.6) is 0 Å². The summed E-state index contributed by atoms with van der Waals surface area (Å²) >= 11 is 0. The van der Waals surface area contributed by atoms with E-state index in [-0.39, 0.29) is 29.4 Å². The van der Waals surface area contributed by atoms with Gasteiger partial charge in [0.1, 0.15) is 6.04 Å². The number of esters is 2. The Hall–Kier alpha value is -3.69. The lowest BCUT2D eigenvalue weighted by atomic mass is 9.79. The Bertz CT molecular complexity index is 1060. The molecular weight excluding hydrogens is 442 g/mol. The highest BCUT2D eigenvalue weighted by molar-refractivity contribution is 6.03. The molecule has 1 aliphatic heterocycles. The van der Waals surface area contributed by atoms with Crippen LogP contribution in [0.4, 0.5) is 5.69 Å². The number of rotatable bonds is 8. The van der Waals surface area contributed by atoms with Gasteiger partial charge < -0.3 is 19.7 Å². The number of carbonyl (C=O) groups is 3. The average Bonchev–Trinajstić information content (AvgIpc) is 2.77. The second kappa shape index (κ2) is 11.0. The Kier molecular flexibility index (Phi) is 8.56. The van der Waals surface area contributed by atoms with Gasteiger partial charge in [0.2, 0.25) is 0 Å². The normalized spacial score (nSPS) is 16.6. The number of ether oxygens (including phenoxy) is 2. The van der Waals surface area contributed by atoms with E-state index >= 15 is 0 Å². The third kappa shape index (κ3) is 5.27. The molecular formula is C24H31N3O7. The zero-order valence-electron chi connectivity index (χ0n) is 20.5. The van der Waals surface area contributed by atoms with E-state index in [4.69, 9.17) is 9.47 Å². The van der Waals surface area contributed by atoms with Crippen LogP contribution in [0.3, 0.4) is 0 Å². The first kappa shape index (κ1) is 26.6. The first-order valence-corrected chi connectivity index (χ1v) is 10.9. The van der Waals surface area contributed by atoms with Gasteiger partial charge in [-0.15, -0.1) is 0 Å². The molecule has 0 aliphatic carbocycles. The maximum Gasteiger partial charge on any atom is 0.336 e. The first-order valence-electron chi connectivity index (χ1n) is 10.9. The molecule has 1 amide bonds. The Balaban J connectivity index is 2.70. The number of nitrogens with zero attached hydrogens (tertiary/aromatic N) is 2. The van der Waals surface area contributed by atoms with Crippen molar-refractivity contribution in [3.8, 4) is 0 Å². The van der Waals surface area contributed by atoms with E-state index in [0.29, 0.717) is 17.0 Å². The summed E-state index contributed by atoms with van der Waals surface area (Å²) in [5, 5.41) is 14.5. The molecule has 0 unspecified atom stereocenters. The van der Waals surface area contributed by atoms with Gasteiger partial charge in [0.15, 0.2) is 0 Å². The molecule has 1 aromatic rings. The zero-order valence-corrected chi connectivity index (χ0v) is 20.5. The average molecular weight is 474 g/mol. The van der Waals surface area contributed by atoms with Crippen LogP contribution in [-0.4, -0.2) is 54.5 Å². The minimum atomic E-state index is -0.946. The number of methoxy groups -OCH3 is 1. The predicted octanol–water partition coefficient (Wildman–Crippen LogP) is 3.05. The number of nitro benzene ring substituents is 1. The molecule has 184 valence electrons. The number of likely N-dealkylation sites (N-methyl/N-ethyl adjacent to an activating group) is 1. The Morgan fingerprint density at radius 2 is 1.79 bits per heavy atom. The summed E-state index contributed by atoms with van der Waals surface area (Å²) in [7, 11) is 2.72. The molecule has 0 fully saturated rings. The van der Waals surface area contributed by atoms with Crippen LogP contribution in [0, 0.1) is 16.0 Å². The molecule has 10 nitrogen and oxygen atoms in total. The van der Waals surface area contributed by atoms with Gasteiger partial charge in [-0.1, -0.05) is 26.0 Å². The quantitative estimate of drug-likeness (QED) is 0.347. The Morgan fingerprint density at radius 1 is 1.18 bits per heavy atom. The maximum atomic E-state index is 13.8. The topological polar surface area (TPSA) is 128 Å². The molecule has 2 atom stereocenters. The third-order valence-corrected chi connectivity index (χ3v) is 5.71. The zero-order chi connectivity index (χ0) is 25.7. The highest BCUT2D eigenvalue weighted by atomic mass is 16.6. The Labute approximate surface area is 198 Å². The maximum absolute atomic E-state index is 13.8. The molecule has 34 heavy (non-hydrogen) atoms. The minimum absolute atomic E-state index is 0.155. The van der Waals surface area contributed by atoms with Crippen LogP contribution in [0.25, 0.3) is 0 Å². The van der Waals surface area contributed by atoms with Crippen molar-refractivity contribution in [1.82, 2.24) is 10.2 Å². The van der Waals surface area contributed by atoms with Crippen molar-refractivity contribution in [1.29, 1.82) is 0 Å². The van der Waals surface area contributed by atoms with Crippen molar-refractivity contribution in [2.45, 2.75) is 46.6 Å². The van der Waals surface area contributed by atoms with Crippen LogP contribution in [0.1, 0.15) is 46.1 Å². The van der Waals surface area contributed by atoms with Crippen LogP contribution >= 0.6 is 0 Å². The number of hydrogen-bond acceptors (Lipinski definition) is 8. The van der Waals surface area contributed by atoms with Gasteiger partial charge >= 0.3 is 11.9 Å². The van der Waals surface area contributed by atoms with E-state index in [2.05, 4.69) is 5.32 Å². The van der Waals surface area contributed by atoms with Gasteiger partial charge in [0.05, 0.1) is 30.1 Å². The van der Waals surface area contributed by atoms with Crippen molar-refractivity contribution in [2.24, 2.45) is 5.92 Å². The van der Waals surface area contributed by atoms with Gasteiger partial charge in [-0.3, -0.25) is 14.9 Å². The summed E-state index contributed by atoms with van der Waals surface area (Å²) in [6, 6.07) is 4.91. The molecule has 0 saturated carbocycles.